The molecule has 64 heavy (non-hydrogen) atoms. The van der Waals surface area contributed by atoms with E-state index in [0.29, 0.717) is 17.5 Å². The van der Waals surface area contributed by atoms with E-state index in [4.69, 9.17) is 0 Å². The van der Waals surface area contributed by atoms with Crippen LogP contribution in [0.2, 0.25) is 8.76 Å². The molecule has 0 nitrogen and oxygen atoms in total. The Kier molecular flexibility index (Phi) is 14.3. The normalized spacial score (nSPS) is 17.6. The second kappa shape index (κ2) is 17.1. The van der Waals surface area contributed by atoms with Gasteiger partial charge in [-0.25, -0.2) is 0 Å². The Morgan fingerprint density at radius 1 is 0.500 bits per heavy atom. The molecule has 4 aromatic rings. The third kappa shape index (κ3) is 9.38. The minimum atomic E-state index is -5.06. The van der Waals surface area contributed by atoms with Gasteiger partial charge in [0.1, 0.15) is 0 Å². The second-order valence-electron chi connectivity index (χ2n) is 19.8. The van der Waals surface area contributed by atoms with Gasteiger partial charge < -0.3 is 0 Å². The molecule has 2 aliphatic carbocycles. The van der Waals surface area contributed by atoms with Crippen LogP contribution < -0.4 is 0 Å². The van der Waals surface area contributed by atoms with Gasteiger partial charge in [0.25, 0.3) is 0 Å². The van der Waals surface area contributed by atoms with Crippen molar-refractivity contribution in [2.24, 2.45) is 10.8 Å². The molecule has 2 atom stereocenters. The molecule has 0 amide bonds. The first-order valence-electron chi connectivity index (χ1n) is 20.4. The van der Waals surface area contributed by atoms with Crippen molar-refractivity contribution in [2.45, 2.75) is 109 Å². The van der Waals surface area contributed by atoms with Crippen LogP contribution >= 0.6 is 24.8 Å². The maximum absolute atomic E-state index is 14.2. The van der Waals surface area contributed by atoms with E-state index >= 15 is 0 Å². The van der Waals surface area contributed by atoms with Gasteiger partial charge in [-0.1, -0.05) is 0 Å². The maximum atomic E-state index is 14.2. The summed E-state index contributed by atoms with van der Waals surface area (Å²) in [5, 5.41) is 0. The average molecular weight is 1050 g/mol. The minimum absolute atomic E-state index is 0. The van der Waals surface area contributed by atoms with Gasteiger partial charge in [0, 0.05) is 0 Å². The van der Waals surface area contributed by atoms with Crippen LogP contribution in [0.3, 0.4) is 0 Å². The van der Waals surface area contributed by atoms with E-state index in [1.54, 1.807) is 24.3 Å². The number of halogens is 14. The van der Waals surface area contributed by atoms with E-state index in [2.05, 4.69) is 11.6 Å². The molecule has 0 saturated carbocycles. The van der Waals surface area contributed by atoms with Crippen molar-refractivity contribution in [3.63, 3.8) is 0 Å². The quantitative estimate of drug-likeness (QED) is 0.133. The van der Waals surface area contributed by atoms with Gasteiger partial charge in [0.05, 0.1) is 0 Å². The fourth-order valence-corrected chi connectivity index (χ4v) is 37.2. The van der Waals surface area contributed by atoms with E-state index < -0.39 is 75.2 Å². The monoisotopic (exact) mass is 1040 g/mol. The zero-order chi connectivity index (χ0) is 46.7. The van der Waals surface area contributed by atoms with Crippen LogP contribution in [0.25, 0.3) is 33.4 Å². The first kappa shape index (κ1) is 53.8. The van der Waals surface area contributed by atoms with Crippen molar-refractivity contribution in [3.05, 3.63) is 128 Å². The van der Waals surface area contributed by atoms with E-state index in [1.165, 1.54) is 0 Å². The van der Waals surface area contributed by atoms with E-state index in [1.807, 2.05) is 74.4 Å². The van der Waals surface area contributed by atoms with Crippen molar-refractivity contribution < 1.29 is 70.1 Å². The molecule has 0 radical (unpaired) electrons. The van der Waals surface area contributed by atoms with Gasteiger partial charge in [-0.2, -0.15) is 0 Å². The number of rotatable bonds is 6. The molecule has 16 heteroatoms. The molecule has 350 valence electrons. The predicted molar refractivity (Wildman–Crippen MR) is 237 cm³/mol. The average Bonchev–Trinajstić information content (AvgIpc) is 3.63. The summed E-state index contributed by atoms with van der Waals surface area (Å²) in [6.07, 6.45) is -19.5. The first-order valence-corrected chi connectivity index (χ1v) is 33.3. The molecule has 4 aromatic carbocycles. The van der Waals surface area contributed by atoms with Crippen LogP contribution in [0, 0.1) is 10.8 Å². The summed E-state index contributed by atoms with van der Waals surface area (Å²) in [4.78, 5) is 0. The van der Waals surface area contributed by atoms with Crippen LogP contribution in [0.1, 0.15) is 120 Å². The van der Waals surface area contributed by atoms with Crippen molar-refractivity contribution in [2.75, 3.05) is 0 Å². The van der Waals surface area contributed by atoms with Crippen molar-refractivity contribution in [3.8, 4) is 22.3 Å². The van der Waals surface area contributed by atoms with Gasteiger partial charge in [-0.3, -0.25) is 0 Å². The van der Waals surface area contributed by atoms with Gasteiger partial charge in [-0.05, 0) is 0 Å². The molecule has 0 aliphatic heterocycles. The van der Waals surface area contributed by atoms with Gasteiger partial charge in [0.15, 0.2) is 0 Å². The molecule has 6 rings (SSSR count). The molecular formula is C48H52Cl2F12SiZr. The van der Waals surface area contributed by atoms with Crippen LogP contribution in [0.5, 0.6) is 0 Å². The molecule has 0 saturated heterocycles. The summed E-state index contributed by atoms with van der Waals surface area (Å²) in [6.45, 7) is 20.1. The largest absolute Gasteiger partial charge is 0.147 e. The predicted octanol–water partition coefficient (Wildman–Crippen LogP) is 17.5. The van der Waals surface area contributed by atoms with Crippen LogP contribution in [-0.4, -0.2) is 6.88 Å². The van der Waals surface area contributed by atoms with E-state index in [9.17, 15) is 52.7 Å². The molecule has 0 bridgehead atoms. The zero-order valence-electron chi connectivity index (χ0n) is 37.1. The van der Waals surface area contributed by atoms with Gasteiger partial charge >= 0.3 is 359 Å². The Balaban J connectivity index is 0.00000449. The standard InChI is InChI=1S/2C22H19F6.C3H7.CH3.2ClH.H2Si.Zr/c2*1-12-18(20(2,3)4)10-13-6-5-7-17(19(12)13)14-8-15(21(23,24)25)11-16(9-14)22(26,27)28;1-3-2;;;;;/h2*5-11H,1-4H3;1,3H2,2H3;1H3;2*1H;1H2;. The van der Waals surface area contributed by atoms with Crippen molar-refractivity contribution in [1.82, 2.24) is 0 Å². The fraction of sp³-hybridized carbons (Fsp3) is 0.417. The molecule has 0 heterocycles. The topological polar surface area (TPSA) is 0 Å². The Bertz CT molecular complexity index is 2380. The van der Waals surface area contributed by atoms with Crippen molar-refractivity contribution >= 4 is 42.8 Å². The Labute approximate surface area is 381 Å². The summed E-state index contributed by atoms with van der Waals surface area (Å²) in [7, 11) is 0. The van der Waals surface area contributed by atoms with Crippen LogP contribution in [-0.2, 0) is 42.1 Å². The second-order valence-corrected chi connectivity index (χ2v) is 48.3. The Morgan fingerprint density at radius 3 is 1.02 bits per heavy atom. The number of benzene rings is 4. The van der Waals surface area contributed by atoms with Gasteiger partial charge in [-0.15, -0.1) is 24.8 Å². The summed E-state index contributed by atoms with van der Waals surface area (Å²) in [6, 6.07) is 13.6. The van der Waals surface area contributed by atoms with E-state index in [0.717, 1.165) is 61.8 Å². The molecule has 2 unspecified atom stereocenters. The molecular weight excluding hydrogens is 995 g/mol. The molecule has 0 fully saturated rings. The number of hydrogen-bond acceptors (Lipinski definition) is 0. The smallest absolute Gasteiger partial charge is 0.147 e. The number of alkyl halides is 12. The minimum Gasteiger partial charge on any atom is -0.147 e. The number of allylic oxidation sites excluding steroid dienone is 4. The molecule has 0 aromatic heterocycles. The van der Waals surface area contributed by atoms with Crippen LogP contribution in [0.4, 0.5) is 52.7 Å². The molecule has 0 spiro atoms. The zero-order valence-corrected chi connectivity index (χ0v) is 42.6. The summed E-state index contributed by atoms with van der Waals surface area (Å²) < 4.78 is 173. The molecule has 0 N–H and O–H groups in total. The number of hydrogen-bond donors (Lipinski definition) is 0. The fourth-order valence-electron chi connectivity index (χ4n) is 11.1. The van der Waals surface area contributed by atoms with Crippen LogP contribution in [0.15, 0.2) is 83.9 Å². The Hall–Kier alpha value is -2.80. The SMILES string of the molecule is CC[CH2][Zr]([CH3])(=[SiH2])([CH]1C(C(C)(C)C)=C(C)c2c(-c3cc(C(F)(F)F)cc(C(F)(F)F)c3)cccc21)[CH]1C(C(C)(C)C)=C(C)c2c(-c3cc(C(F)(F)F)cc(C(F)(F)F)c3)cccc21.Cl.Cl. The summed E-state index contributed by atoms with van der Waals surface area (Å²) in [5.74, 6) is 0. The third-order valence-corrected chi connectivity index (χ3v) is 36.2. The third-order valence-electron chi connectivity index (χ3n) is 13.1. The van der Waals surface area contributed by atoms with Crippen molar-refractivity contribution in [1.29, 1.82) is 0 Å². The van der Waals surface area contributed by atoms with E-state index in [-0.39, 0.29) is 66.5 Å². The Morgan fingerprint density at radius 2 is 0.781 bits per heavy atom. The maximum Gasteiger partial charge on any atom is -0.147 e. The molecule has 2 aliphatic rings. The van der Waals surface area contributed by atoms with Gasteiger partial charge in [0.2, 0.25) is 0 Å². The number of fused-ring (bicyclic) bond motifs is 2. The summed E-state index contributed by atoms with van der Waals surface area (Å²) >= 11 is -4.94. The first-order chi connectivity index (χ1) is 28.0. The summed E-state index contributed by atoms with van der Waals surface area (Å²) in [5.41, 5.74) is -0.484.